The lowest BCUT2D eigenvalue weighted by molar-refractivity contribution is -0.141. The minimum absolute atomic E-state index is 0.0120. The van der Waals surface area contributed by atoms with Crippen molar-refractivity contribution in [3.05, 3.63) is 122 Å². The summed E-state index contributed by atoms with van der Waals surface area (Å²) in [5, 5.41) is 29.7. The first-order valence-corrected chi connectivity index (χ1v) is 34.5. The number of aliphatic hydroxyl groups excluding tert-OH is 1. The van der Waals surface area contributed by atoms with E-state index in [0.29, 0.717) is 40.2 Å². The van der Waals surface area contributed by atoms with Crippen molar-refractivity contribution in [3.8, 4) is 0 Å². The van der Waals surface area contributed by atoms with E-state index in [1.165, 1.54) is 26.8 Å². The van der Waals surface area contributed by atoms with Crippen LogP contribution in [0, 0.1) is 18.3 Å². The van der Waals surface area contributed by atoms with Crippen molar-refractivity contribution in [1.82, 2.24) is 41.5 Å². The van der Waals surface area contributed by atoms with Gasteiger partial charge in [-0.3, -0.25) is 38.1 Å². The molecule has 5 heterocycles. The first-order chi connectivity index (χ1) is 43.5. The van der Waals surface area contributed by atoms with Crippen molar-refractivity contribution in [3.63, 3.8) is 0 Å². The predicted molar refractivity (Wildman–Crippen MR) is 347 cm³/mol. The number of thioether (sulfide) groups is 1. The van der Waals surface area contributed by atoms with Gasteiger partial charge in [0.2, 0.25) is 35.4 Å². The summed E-state index contributed by atoms with van der Waals surface area (Å²) in [5.41, 5.74) is -2.46. The van der Waals surface area contributed by atoms with E-state index in [1.54, 1.807) is 69.8 Å². The summed E-state index contributed by atoms with van der Waals surface area (Å²) in [6.45, 7) is 13.8. The quantitative estimate of drug-likeness (QED) is 0.0176. The molecule has 8 N–H and O–H groups in total. The first kappa shape index (κ1) is 71.2. The average Bonchev–Trinajstić information content (AvgIpc) is 1.65. The summed E-state index contributed by atoms with van der Waals surface area (Å²) in [5.74, 6) is -3.08. The number of hydrogen-bond donors (Lipinski definition) is 8. The van der Waals surface area contributed by atoms with Crippen molar-refractivity contribution in [2.75, 3.05) is 69.9 Å². The number of hydrogen-bond acceptors (Lipinski definition) is 16. The number of ether oxygens (including phenoxy) is 2. The fraction of sp³-hybridized carbons (Fsp3) is 0.492. The normalized spacial score (nSPS) is 18.0. The Morgan fingerprint density at radius 2 is 1.54 bits per heavy atom. The summed E-state index contributed by atoms with van der Waals surface area (Å²) in [6.07, 6.45) is -0.388. The van der Waals surface area contributed by atoms with Crippen LogP contribution in [0.15, 0.2) is 93.6 Å². The van der Waals surface area contributed by atoms with Crippen LogP contribution in [0.4, 0.5) is 14.5 Å². The lowest BCUT2D eigenvalue weighted by Gasteiger charge is -2.36. The standard InChI is InChI=1S/C63H79BrF2N9O14PS2/c1-36(2)54(49-29-37(3)72-89-49)60(82)75-34-45(76)32-48(75)57(79)70-46(39-10-12-40(13-11-39)55-38(4)69-35-91-55)33-53(78)68-22-26-88-28-27-87-25-21-67-52(77)20-24-73(44-17-15-43(64)16-18-44)59(81)47-9-8-23-74(47)61(83)56(62(5,6)7)71-58(80)51-31-41-30-42(14-19-50(41)92-51)63(65,66)90(84,85)86/h10-19,29-31,36,45-48,54,56,69,76H,8-9,20-28,32-35H2,1-7H3,(H,67,77)(H,68,78)(H,70,79)(H,71,80)(H2,84,85,86)/t45-,46+,47+,48+,54-,56-/m1/s1. The molecule has 8 rings (SSSR count). The van der Waals surface area contributed by atoms with E-state index in [9.17, 15) is 61.8 Å². The number of rotatable bonds is 28. The largest absolute Gasteiger partial charge is 0.399 e. The van der Waals surface area contributed by atoms with Gasteiger partial charge in [0.1, 0.15) is 29.8 Å². The topological polar surface area (TPSA) is 312 Å². The first-order valence-electron chi connectivity index (χ1n) is 30.3. The number of halogens is 3. The third kappa shape index (κ3) is 17.8. The number of benzene rings is 3. The van der Waals surface area contributed by atoms with Crippen molar-refractivity contribution in [2.24, 2.45) is 11.3 Å². The summed E-state index contributed by atoms with van der Waals surface area (Å²) in [4.78, 5) is 122. The van der Waals surface area contributed by atoms with Crippen LogP contribution < -0.4 is 31.5 Å². The van der Waals surface area contributed by atoms with Crippen LogP contribution in [0.2, 0.25) is 0 Å². The van der Waals surface area contributed by atoms with Gasteiger partial charge >= 0.3 is 13.3 Å². The molecule has 23 nitrogen and oxygen atoms in total. The molecule has 5 aromatic rings. The molecule has 6 atom stereocenters. The van der Waals surface area contributed by atoms with Crippen LogP contribution in [-0.4, -0.2) is 160 Å². The number of anilines is 1. The van der Waals surface area contributed by atoms with Crippen molar-refractivity contribution >= 4 is 109 Å². The van der Waals surface area contributed by atoms with Gasteiger partial charge in [-0.25, -0.2) is 0 Å². The number of fused-ring (bicyclic) bond motifs is 1. The lowest BCUT2D eigenvalue weighted by Crippen LogP contribution is -2.58. The van der Waals surface area contributed by atoms with Gasteiger partial charge in [-0.15, -0.1) is 23.1 Å². The van der Waals surface area contributed by atoms with Gasteiger partial charge in [0, 0.05) is 82.7 Å². The van der Waals surface area contributed by atoms with E-state index in [4.69, 9.17) is 14.0 Å². The molecular formula is C63H79BrF2N9O14PS2. The Balaban J connectivity index is 0.790. The zero-order valence-corrected chi connectivity index (χ0v) is 56.3. The maximum Gasteiger partial charge on any atom is 0.399 e. The third-order valence-electron chi connectivity index (χ3n) is 16.1. The maximum atomic E-state index is 14.6. The van der Waals surface area contributed by atoms with Gasteiger partial charge in [0.05, 0.1) is 61.4 Å². The van der Waals surface area contributed by atoms with Gasteiger partial charge in [-0.2, -0.15) is 8.78 Å². The second-order valence-electron chi connectivity index (χ2n) is 24.3. The molecule has 498 valence electrons. The fourth-order valence-corrected chi connectivity index (χ4v) is 13.9. The highest BCUT2D eigenvalue weighted by Gasteiger charge is 2.51. The van der Waals surface area contributed by atoms with Gasteiger partial charge in [0.25, 0.3) is 5.91 Å². The van der Waals surface area contributed by atoms with Crippen LogP contribution in [0.3, 0.4) is 0 Å². The molecule has 29 heteroatoms. The molecular weight excluding hydrogens is 1320 g/mol. The number of nitrogens with one attached hydrogen (secondary N) is 5. The average molecular weight is 1400 g/mol. The molecule has 0 radical (unpaired) electrons. The van der Waals surface area contributed by atoms with Gasteiger partial charge in [-0.1, -0.05) is 86.0 Å². The van der Waals surface area contributed by atoms with Crippen LogP contribution in [-0.2, 0) is 48.5 Å². The molecule has 2 fully saturated rings. The SMILES string of the molecule is CC1=C(c2ccc([C@H](CC(=O)NCCOCCOCCNC(=O)CCN(C(=O)[C@@H]3CCCN3C(=O)[C@@H](NC(=O)c3cc4cc(C(F)(F)P(=O)(O)O)ccc4s3)C(C)(C)C)c3ccc(Br)cc3)NC(=O)[C@@H]3C[C@@H](O)CN3C(=O)[C@@H](c3cc(C)no3)C(C)C)cc2)SCN1. The molecule has 3 aliphatic heterocycles. The fourth-order valence-electron chi connectivity index (χ4n) is 11.2. The highest BCUT2D eigenvalue weighted by atomic mass is 79.9. The third-order valence-corrected chi connectivity index (χ3v) is 19.8. The number of aromatic nitrogens is 1. The molecule has 2 saturated heterocycles. The maximum absolute atomic E-state index is 14.6. The monoisotopic (exact) mass is 1400 g/mol. The van der Waals surface area contributed by atoms with Gasteiger partial charge in [0.15, 0.2) is 0 Å². The molecule has 7 amide bonds. The van der Waals surface area contributed by atoms with E-state index in [2.05, 4.69) is 47.7 Å². The summed E-state index contributed by atoms with van der Waals surface area (Å²) >= 11 is 6.05. The minimum Gasteiger partial charge on any atom is -0.391 e. The van der Waals surface area contributed by atoms with Crippen LogP contribution in [0.25, 0.3) is 15.0 Å². The predicted octanol–water partition coefficient (Wildman–Crippen LogP) is 7.64. The van der Waals surface area contributed by atoms with Crippen LogP contribution in [0.5, 0.6) is 0 Å². The zero-order valence-electron chi connectivity index (χ0n) is 52.2. The highest BCUT2D eigenvalue weighted by Crippen LogP contribution is 2.59. The van der Waals surface area contributed by atoms with Gasteiger partial charge in [-0.05, 0) is 97.0 Å². The number of carbonyl (C=O) groups excluding carboxylic acids is 7. The zero-order chi connectivity index (χ0) is 66.8. The molecule has 0 aliphatic carbocycles. The highest BCUT2D eigenvalue weighted by molar-refractivity contribution is 9.10. The molecule has 0 saturated carbocycles. The number of amides is 7. The number of aliphatic hydroxyl groups is 1. The number of likely N-dealkylation sites (tertiary alicyclic amines) is 2. The molecule has 0 spiro atoms. The summed E-state index contributed by atoms with van der Waals surface area (Å²) < 4.78 is 58.7. The lowest BCUT2D eigenvalue weighted by atomic mass is 9.85. The molecule has 0 bridgehead atoms. The number of aryl methyl sites for hydroxylation is 1. The Hall–Kier alpha value is -6.62. The Bertz CT molecular complexity index is 3560. The van der Waals surface area contributed by atoms with E-state index in [1.807, 2.05) is 45.0 Å². The molecule has 2 aromatic heterocycles. The Morgan fingerprint density at radius 3 is 2.15 bits per heavy atom. The number of thiophene rings is 1. The van der Waals surface area contributed by atoms with Crippen molar-refractivity contribution < 1.29 is 75.8 Å². The van der Waals surface area contributed by atoms with Crippen LogP contribution >= 0.6 is 46.6 Å². The number of allylic oxidation sites excluding steroid dienone is 1. The molecule has 3 aliphatic rings. The second-order valence-corrected chi connectivity index (χ2v) is 29.0. The molecule has 92 heavy (non-hydrogen) atoms. The summed E-state index contributed by atoms with van der Waals surface area (Å²) in [6, 6.07) is 16.7. The number of alkyl halides is 2. The number of β-amino-alcohol motifs (C(OH)–C–C–N with tert-alkyl or cyclic N) is 1. The molecule has 0 unspecified atom stereocenters. The Labute approximate surface area is 548 Å². The van der Waals surface area contributed by atoms with E-state index in [0.717, 1.165) is 50.0 Å². The van der Waals surface area contributed by atoms with Gasteiger partial charge < -0.3 is 70.2 Å². The smallest absolute Gasteiger partial charge is 0.391 e. The Kier molecular flexibility index (Phi) is 24.1. The van der Waals surface area contributed by atoms with E-state index in [-0.39, 0.29) is 112 Å². The van der Waals surface area contributed by atoms with Crippen molar-refractivity contribution in [1.29, 1.82) is 0 Å². The second kappa shape index (κ2) is 31.1. The van der Waals surface area contributed by atoms with E-state index < -0.39 is 84.1 Å². The number of carbonyl (C=O) groups is 7. The minimum atomic E-state index is -5.85. The van der Waals surface area contributed by atoms with Crippen LogP contribution in [0.1, 0.15) is 123 Å². The summed E-state index contributed by atoms with van der Waals surface area (Å²) in [7, 11) is -5.85. The molecule has 3 aromatic carbocycles. The van der Waals surface area contributed by atoms with Crippen molar-refractivity contribution in [2.45, 2.75) is 122 Å². The van der Waals surface area contributed by atoms with E-state index >= 15 is 0 Å². The number of nitrogens with zero attached hydrogens (tertiary/aromatic N) is 4. The Morgan fingerprint density at radius 1 is 0.870 bits per heavy atom.